The number of para-hydroxylation sites is 2. The summed E-state index contributed by atoms with van der Waals surface area (Å²) in [6.07, 6.45) is 4.30. The Kier molecular flexibility index (Phi) is 6.32. The average Bonchev–Trinajstić information content (AvgIpc) is 3.24. The third kappa shape index (κ3) is 4.46. The fourth-order valence-electron chi connectivity index (χ4n) is 3.39. The molecule has 0 radical (unpaired) electrons. The SMILES string of the molecule is CC[C@@H](C)c1ccccc1NC(=O)[C@H](C)Sc1ncnc2c1cnn2-c1ccccc1. The maximum absolute atomic E-state index is 12.9. The fraction of sp³-hybridized carbons (Fsp3) is 0.250. The van der Waals surface area contributed by atoms with Crippen molar-refractivity contribution in [3.8, 4) is 5.69 Å². The second kappa shape index (κ2) is 9.31. The summed E-state index contributed by atoms with van der Waals surface area (Å²) in [7, 11) is 0. The van der Waals surface area contributed by atoms with Crippen molar-refractivity contribution < 1.29 is 4.79 Å². The summed E-state index contributed by atoms with van der Waals surface area (Å²) in [6, 6.07) is 17.8. The second-order valence-electron chi connectivity index (χ2n) is 7.45. The lowest BCUT2D eigenvalue weighted by molar-refractivity contribution is -0.115. The van der Waals surface area contributed by atoms with E-state index in [4.69, 9.17) is 0 Å². The van der Waals surface area contributed by atoms with Crippen molar-refractivity contribution >= 4 is 34.4 Å². The average molecular weight is 432 g/mol. The van der Waals surface area contributed by atoms with E-state index in [1.54, 1.807) is 10.9 Å². The van der Waals surface area contributed by atoms with Gasteiger partial charge in [0, 0.05) is 5.69 Å². The summed E-state index contributed by atoms with van der Waals surface area (Å²) in [5.41, 5.74) is 3.68. The largest absolute Gasteiger partial charge is 0.325 e. The molecule has 1 N–H and O–H groups in total. The zero-order chi connectivity index (χ0) is 21.8. The molecule has 0 fully saturated rings. The lowest BCUT2D eigenvalue weighted by Gasteiger charge is -2.17. The number of thioether (sulfide) groups is 1. The Morgan fingerprint density at radius 2 is 1.81 bits per heavy atom. The number of aromatic nitrogens is 4. The summed E-state index contributed by atoms with van der Waals surface area (Å²) < 4.78 is 1.79. The van der Waals surface area contributed by atoms with E-state index in [2.05, 4.69) is 40.3 Å². The van der Waals surface area contributed by atoms with Crippen molar-refractivity contribution in [2.75, 3.05) is 5.32 Å². The second-order valence-corrected chi connectivity index (χ2v) is 8.78. The molecule has 2 aromatic heterocycles. The van der Waals surface area contributed by atoms with Crippen LogP contribution < -0.4 is 5.32 Å². The number of carbonyl (C=O) groups is 1. The molecule has 0 aliphatic heterocycles. The molecule has 6 nitrogen and oxygen atoms in total. The van der Waals surface area contributed by atoms with E-state index in [9.17, 15) is 4.79 Å². The first-order chi connectivity index (χ1) is 15.1. The fourth-order valence-corrected chi connectivity index (χ4v) is 4.27. The molecule has 0 saturated carbocycles. The summed E-state index contributed by atoms with van der Waals surface area (Å²) in [5.74, 6) is 0.327. The first-order valence-corrected chi connectivity index (χ1v) is 11.3. The van der Waals surface area contributed by atoms with E-state index in [0.29, 0.717) is 5.92 Å². The van der Waals surface area contributed by atoms with Crippen LogP contribution >= 0.6 is 11.8 Å². The molecule has 2 heterocycles. The minimum absolute atomic E-state index is 0.0528. The van der Waals surface area contributed by atoms with E-state index < -0.39 is 0 Å². The molecule has 0 saturated heterocycles. The minimum Gasteiger partial charge on any atom is -0.325 e. The Balaban J connectivity index is 1.55. The van der Waals surface area contributed by atoms with Crippen LogP contribution in [0.3, 0.4) is 0 Å². The number of nitrogens with zero attached hydrogens (tertiary/aromatic N) is 4. The maximum atomic E-state index is 12.9. The Morgan fingerprint density at radius 1 is 1.06 bits per heavy atom. The van der Waals surface area contributed by atoms with E-state index in [1.165, 1.54) is 18.1 Å². The van der Waals surface area contributed by atoms with Crippen LogP contribution in [0.25, 0.3) is 16.7 Å². The van der Waals surface area contributed by atoms with Crippen LogP contribution in [0.4, 0.5) is 5.69 Å². The van der Waals surface area contributed by atoms with Gasteiger partial charge in [0.1, 0.15) is 11.4 Å². The predicted molar refractivity (Wildman–Crippen MR) is 126 cm³/mol. The molecular formula is C24H25N5OS. The zero-order valence-corrected chi connectivity index (χ0v) is 18.6. The van der Waals surface area contributed by atoms with Gasteiger partial charge in [0.15, 0.2) is 5.65 Å². The number of amides is 1. The number of hydrogen-bond acceptors (Lipinski definition) is 5. The predicted octanol–water partition coefficient (Wildman–Crippen LogP) is 5.45. The standard InChI is InChI=1S/C24H25N5OS/c1-4-16(2)19-12-8-9-13-21(19)28-23(30)17(3)31-24-20-14-27-29(22(20)25-15-26-24)18-10-6-5-7-11-18/h5-17H,4H2,1-3H3,(H,28,30)/t16-,17+/m1/s1. The van der Waals surface area contributed by atoms with Crippen LogP contribution in [-0.4, -0.2) is 30.9 Å². The Bertz CT molecular complexity index is 1190. The topological polar surface area (TPSA) is 72.7 Å². The van der Waals surface area contributed by atoms with Crippen LogP contribution in [-0.2, 0) is 4.79 Å². The van der Waals surface area contributed by atoms with Gasteiger partial charge in [-0.1, -0.05) is 62.0 Å². The molecule has 7 heteroatoms. The van der Waals surface area contributed by atoms with E-state index >= 15 is 0 Å². The summed E-state index contributed by atoms with van der Waals surface area (Å²) in [4.78, 5) is 21.8. The van der Waals surface area contributed by atoms with Gasteiger partial charge >= 0.3 is 0 Å². The van der Waals surface area contributed by atoms with Crippen molar-refractivity contribution in [3.05, 3.63) is 72.7 Å². The number of fused-ring (bicyclic) bond motifs is 1. The van der Waals surface area contributed by atoms with Gasteiger partial charge in [-0.3, -0.25) is 4.79 Å². The normalized spacial score (nSPS) is 13.1. The highest BCUT2D eigenvalue weighted by molar-refractivity contribution is 8.00. The summed E-state index contributed by atoms with van der Waals surface area (Å²) in [6.45, 7) is 6.21. The van der Waals surface area contributed by atoms with E-state index in [0.717, 1.165) is 39.4 Å². The van der Waals surface area contributed by atoms with Crippen molar-refractivity contribution in [2.24, 2.45) is 0 Å². The first-order valence-electron chi connectivity index (χ1n) is 10.4. The maximum Gasteiger partial charge on any atom is 0.237 e. The van der Waals surface area contributed by atoms with Gasteiger partial charge < -0.3 is 5.32 Å². The van der Waals surface area contributed by atoms with Crippen molar-refractivity contribution in [2.45, 2.75) is 43.4 Å². The van der Waals surface area contributed by atoms with Gasteiger partial charge in [-0.15, -0.1) is 0 Å². The van der Waals surface area contributed by atoms with Crippen LogP contribution in [0, 0.1) is 0 Å². The number of rotatable bonds is 7. The molecular weight excluding hydrogens is 406 g/mol. The number of hydrogen-bond donors (Lipinski definition) is 1. The molecule has 0 unspecified atom stereocenters. The number of nitrogens with one attached hydrogen (secondary N) is 1. The molecule has 0 aliphatic rings. The van der Waals surface area contributed by atoms with Crippen LogP contribution in [0.15, 0.2) is 72.1 Å². The Morgan fingerprint density at radius 3 is 2.58 bits per heavy atom. The highest BCUT2D eigenvalue weighted by Gasteiger charge is 2.20. The van der Waals surface area contributed by atoms with Crippen molar-refractivity contribution in [3.63, 3.8) is 0 Å². The smallest absolute Gasteiger partial charge is 0.237 e. The lowest BCUT2D eigenvalue weighted by atomic mass is 9.97. The van der Waals surface area contributed by atoms with Crippen molar-refractivity contribution in [1.29, 1.82) is 0 Å². The quantitative estimate of drug-likeness (QED) is 0.311. The number of anilines is 1. The minimum atomic E-state index is -0.330. The molecule has 1 amide bonds. The number of carbonyl (C=O) groups excluding carboxylic acids is 1. The molecule has 2 aromatic carbocycles. The van der Waals surface area contributed by atoms with Gasteiger partial charge in [-0.05, 0) is 43.0 Å². The highest BCUT2D eigenvalue weighted by atomic mass is 32.2. The molecule has 4 rings (SSSR count). The number of benzene rings is 2. The highest BCUT2D eigenvalue weighted by Crippen LogP contribution is 2.31. The van der Waals surface area contributed by atoms with Crippen LogP contribution in [0.2, 0.25) is 0 Å². The lowest BCUT2D eigenvalue weighted by Crippen LogP contribution is -2.23. The Hall–Kier alpha value is -3.19. The van der Waals surface area contributed by atoms with Gasteiger partial charge in [-0.25, -0.2) is 14.6 Å². The van der Waals surface area contributed by atoms with Gasteiger partial charge in [-0.2, -0.15) is 5.10 Å². The summed E-state index contributed by atoms with van der Waals surface area (Å²) in [5, 5.41) is 8.83. The van der Waals surface area contributed by atoms with E-state index in [1.807, 2.05) is 55.5 Å². The zero-order valence-electron chi connectivity index (χ0n) is 17.8. The third-order valence-electron chi connectivity index (χ3n) is 5.35. The van der Waals surface area contributed by atoms with Gasteiger partial charge in [0.05, 0.1) is 22.5 Å². The molecule has 0 bridgehead atoms. The third-order valence-corrected chi connectivity index (χ3v) is 6.47. The van der Waals surface area contributed by atoms with Crippen molar-refractivity contribution in [1.82, 2.24) is 19.7 Å². The van der Waals surface area contributed by atoms with Crippen LogP contribution in [0.5, 0.6) is 0 Å². The molecule has 2 atom stereocenters. The molecule has 31 heavy (non-hydrogen) atoms. The molecule has 4 aromatic rings. The van der Waals surface area contributed by atoms with E-state index in [-0.39, 0.29) is 11.2 Å². The monoisotopic (exact) mass is 431 g/mol. The summed E-state index contributed by atoms with van der Waals surface area (Å²) >= 11 is 1.41. The molecule has 158 valence electrons. The van der Waals surface area contributed by atoms with Gasteiger partial charge in [0.2, 0.25) is 5.91 Å². The molecule has 0 spiro atoms. The Labute approximate surface area is 186 Å². The first kappa shape index (κ1) is 21.1. The van der Waals surface area contributed by atoms with Crippen LogP contribution in [0.1, 0.15) is 38.7 Å². The molecule has 0 aliphatic carbocycles. The van der Waals surface area contributed by atoms with Gasteiger partial charge in [0.25, 0.3) is 0 Å².